The molecule has 0 aromatic heterocycles. The Labute approximate surface area is 89.2 Å². The average molecular weight is 209 g/mol. The molecular weight excluding hydrogens is 194 g/mol. The van der Waals surface area contributed by atoms with Crippen LogP contribution in [0.3, 0.4) is 0 Å². The number of hydrogen-bond acceptors (Lipinski definition) is 3. The molecule has 4 heteroatoms. The Balaban J connectivity index is 2.67. The van der Waals surface area contributed by atoms with Gasteiger partial charge in [-0.25, -0.2) is 0 Å². The van der Waals surface area contributed by atoms with Gasteiger partial charge in [-0.1, -0.05) is 12.1 Å². The number of ether oxygens (including phenoxy) is 2. The Kier molecular flexibility index (Phi) is 4.80. The first-order valence-corrected chi connectivity index (χ1v) is 4.63. The molecule has 1 rings (SSSR count). The zero-order valence-corrected chi connectivity index (χ0v) is 8.95. The molecule has 0 fully saturated rings. The van der Waals surface area contributed by atoms with Crippen molar-refractivity contribution in [3.8, 4) is 0 Å². The lowest BCUT2D eigenvalue weighted by atomic mass is 10.1. The highest BCUT2D eigenvalue weighted by Gasteiger charge is 2.04. The smallest absolute Gasteiger partial charge is 0.253 e. The van der Waals surface area contributed by atoms with Crippen molar-refractivity contribution in [2.45, 2.75) is 6.61 Å². The number of hydrogen-bond donors (Lipinski definition) is 1. The molecule has 0 radical (unpaired) electrons. The van der Waals surface area contributed by atoms with Crippen LogP contribution in [0, 0.1) is 0 Å². The zero-order chi connectivity index (χ0) is 11.1. The first-order chi connectivity index (χ1) is 7.27. The monoisotopic (exact) mass is 209 g/mol. The van der Waals surface area contributed by atoms with Gasteiger partial charge in [-0.3, -0.25) is 4.79 Å². The summed E-state index contributed by atoms with van der Waals surface area (Å²) in [7, 11) is 3.15. The fourth-order valence-corrected chi connectivity index (χ4v) is 1.21. The summed E-state index contributed by atoms with van der Waals surface area (Å²) in [5.74, 6) is -0.144. The van der Waals surface area contributed by atoms with Crippen molar-refractivity contribution in [1.82, 2.24) is 5.32 Å². The van der Waals surface area contributed by atoms with E-state index in [0.717, 1.165) is 5.56 Å². The maximum atomic E-state index is 11.5. The van der Waals surface area contributed by atoms with Crippen molar-refractivity contribution in [3.63, 3.8) is 0 Å². The topological polar surface area (TPSA) is 47.6 Å². The molecule has 4 nitrogen and oxygen atoms in total. The Morgan fingerprint density at radius 2 is 2.13 bits per heavy atom. The third-order valence-electron chi connectivity index (χ3n) is 1.88. The van der Waals surface area contributed by atoms with E-state index in [-0.39, 0.29) is 12.6 Å². The van der Waals surface area contributed by atoms with E-state index < -0.39 is 0 Å². The van der Waals surface area contributed by atoms with Gasteiger partial charge in [0.15, 0.2) is 0 Å². The number of carbonyl (C=O) groups excluding carboxylic acids is 1. The molecular formula is C11H15NO3. The van der Waals surface area contributed by atoms with Crippen LogP contribution in [0.5, 0.6) is 0 Å². The van der Waals surface area contributed by atoms with Crippen LogP contribution in [-0.2, 0) is 16.1 Å². The van der Waals surface area contributed by atoms with Crippen molar-refractivity contribution < 1.29 is 14.3 Å². The van der Waals surface area contributed by atoms with Crippen molar-refractivity contribution in [2.24, 2.45) is 0 Å². The Morgan fingerprint density at radius 3 is 2.80 bits per heavy atom. The summed E-state index contributed by atoms with van der Waals surface area (Å²) in [6.45, 7) is 0.721. The molecule has 0 aliphatic heterocycles. The second-order valence-corrected chi connectivity index (χ2v) is 3.07. The first-order valence-electron chi connectivity index (χ1n) is 4.63. The minimum atomic E-state index is -0.144. The van der Waals surface area contributed by atoms with Gasteiger partial charge in [-0.2, -0.15) is 0 Å². The summed E-state index contributed by atoms with van der Waals surface area (Å²) in [6, 6.07) is 7.30. The molecule has 0 spiro atoms. The van der Waals surface area contributed by atoms with E-state index >= 15 is 0 Å². The summed E-state index contributed by atoms with van der Waals surface area (Å²) in [5, 5.41) is 2.62. The van der Waals surface area contributed by atoms with Gasteiger partial charge >= 0.3 is 0 Å². The van der Waals surface area contributed by atoms with Crippen LogP contribution in [0.1, 0.15) is 15.9 Å². The number of nitrogens with one attached hydrogen (secondary N) is 1. The van der Waals surface area contributed by atoms with Crippen LogP contribution < -0.4 is 5.32 Å². The molecule has 0 atom stereocenters. The molecule has 0 aliphatic carbocycles. The van der Waals surface area contributed by atoms with E-state index in [0.29, 0.717) is 12.2 Å². The number of rotatable bonds is 5. The Morgan fingerprint density at radius 1 is 1.33 bits per heavy atom. The lowest BCUT2D eigenvalue weighted by Gasteiger charge is -2.05. The number of methoxy groups -OCH3 is 2. The van der Waals surface area contributed by atoms with Gasteiger partial charge in [0.05, 0.1) is 6.61 Å². The minimum Gasteiger partial charge on any atom is -0.380 e. The summed E-state index contributed by atoms with van der Waals surface area (Å²) in [4.78, 5) is 11.5. The van der Waals surface area contributed by atoms with E-state index in [1.54, 1.807) is 19.2 Å². The molecule has 1 amide bonds. The highest BCUT2D eigenvalue weighted by Crippen LogP contribution is 2.06. The quantitative estimate of drug-likeness (QED) is 0.740. The van der Waals surface area contributed by atoms with E-state index in [1.807, 2.05) is 12.1 Å². The number of carbonyl (C=O) groups is 1. The number of amides is 1. The minimum absolute atomic E-state index is 0.144. The van der Waals surface area contributed by atoms with Gasteiger partial charge in [0.25, 0.3) is 5.91 Å². The number of benzene rings is 1. The van der Waals surface area contributed by atoms with Gasteiger partial charge in [0.2, 0.25) is 0 Å². The summed E-state index contributed by atoms with van der Waals surface area (Å²) in [5.41, 5.74) is 1.59. The molecule has 0 aliphatic rings. The van der Waals surface area contributed by atoms with Crippen LogP contribution in [0.4, 0.5) is 0 Å². The molecule has 0 saturated heterocycles. The standard InChI is InChI=1S/C11H15NO3/c1-14-7-9-4-3-5-10(6-9)11(13)12-8-15-2/h3-6H,7-8H2,1-2H3,(H,12,13). The second-order valence-electron chi connectivity index (χ2n) is 3.07. The third-order valence-corrected chi connectivity index (χ3v) is 1.88. The molecule has 0 unspecified atom stereocenters. The lowest BCUT2D eigenvalue weighted by Crippen LogP contribution is -2.25. The van der Waals surface area contributed by atoms with E-state index in [9.17, 15) is 4.79 Å². The van der Waals surface area contributed by atoms with E-state index in [1.165, 1.54) is 7.11 Å². The molecule has 1 N–H and O–H groups in total. The maximum Gasteiger partial charge on any atom is 0.253 e. The van der Waals surface area contributed by atoms with Crippen LogP contribution in [0.15, 0.2) is 24.3 Å². The maximum absolute atomic E-state index is 11.5. The summed E-state index contributed by atoms with van der Waals surface area (Å²) < 4.78 is 9.74. The molecule has 82 valence electrons. The van der Waals surface area contributed by atoms with Crippen LogP contribution in [0.25, 0.3) is 0 Å². The molecule has 0 saturated carbocycles. The fraction of sp³-hybridized carbons (Fsp3) is 0.364. The Hall–Kier alpha value is -1.39. The normalized spacial score (nSPS) is 10.0. The van der Waals surface area contributed by atoms with Crippen LogP contribution in [0.2, 0.25) is 0 Å². The van der Waals surface area contributed by atoms with Gasteiger partial charge in [-0.05, 0) is 17.7 Å². The predicted octanol–water partition coefficient (Wildman–Crippen LogP) is 1.17. The average Bonchev–Trinajstić information content (AvgIpc) is 2.27. The van der Waals surface area contributed by atoms with Gasteiger partial charge in [0, 0.05) is 19.8 Å². The third kappa shape index (κ3) is 3.69. The van der Waals surface area contributed by atoms with Gasteiger partial charge < -0.3 is 14.8 Å². The fourth-order valence-electron chi connectivity index (χ4n) is 1.21. The van der Waals surface area contributed by atoms with Crippen molar-refractivity contribution >= 4 is 5.91 Å². The van der Waals surface area contributed by atoms with Crippen molar-refractivity contribution in [1.29, 1.82) is 0 Å². The zero-order valence-electron chi connectivity index (χ0n) is 8.95. The molecule has 0 heterocycles. The van der Waals surface area contributed by atoms with Crippen molar-refractivity contribution in [3.05, 3.63) is 35.4 Å². The summed E-state index contributed by atoms with van der Waals surface area (Å²) in [6.07, 6.45) is 0. The largest absolute Gasteiger partial charge is 0.380 e. The molecule has 1 aromatic carbocycles. The summed E-state index contributed by atoms with van der Waals surface area (Å²) >= 11 is 0. The van der Waals surface area contributed by atoms with Crippen LogP contribution >= 0.6 is 0 Å². The van der Waals surface area contributed by atoms with E-state index in [4.69, 9.17) is 9.47 Å². The predicted molar refractivity (Wildman–Crippen MR) is 56.5 cm³/mol. The van der Waals surface area contributed by atoms with Gasteiger partial charge in [0.1, 0.15) is 6.73 Å². The first kappa shape index (κ1) is 11.7. The molecule has 1 aromatic rings. The highest BCUT2D eigenvalue weighted by molar-refractivity contribution is 5.94. The second kappa shape index (κ2) is 6.16. The lowest BCUT2D eigenvalue weighted by molar-refractivity contribution is 0.0872. The SMILES string of the molecule is COCNC(=O)c1cccc(COC)c1. The van der Waals surface area contributed by atoms with Gasteiger partial charge in [-0.15, -0.1) is 0 Å². The van der Waals surface area contributed by atoms with E-state index in [2.05, 4.69) is 5.32 Å². The molecule has 0 bridgehead atoms. The van der Waals surface area contributed by atoms with Crippen LogP contribution in [-0.4, -0.2) is 26.9 Å². The van der Waals surface area contributed by atoms with Crippen molar-refractivity contribution in [2.75, 3.05) is 21.0 Å². The highest BCUT2D eigenvalue weighted by atomic mass is 16.5. The molecule has 15 heavy (non-hydrogen) atoms. The Bertz CT molecular complexity index is 325.